The van der Waals surface area contributed by atoms with E-state index < -0.39 is 11.4 Å². The number of carboxylic acids is 1. The molecule has 0 fully saturated rings. The Hall–Kier alpha value is -2.39. The molecule has 3 aromatic rings. The first-order valence-corrected chi connectivity index (χ1v) is 7.52. The molecule has 0 unspecified atom stereocenters. The lowest BCUT2D eigenvalue weighted by Crippen LogP contribution is -2.37. The molecule has 0 saturated carbocycles. The monoisotopic (exact) mass is 294 g/mol. The lowest BCUT2D eigenvalue weighted by Gasteiger charge is -2.29. The number of carboxylic acid groups (broad SMARTS) is 1. The van der Waals surface area contributed by atoms with E-state index >= 15 is 0 Å². The third kappa shape index (κ3) is 2.16. The maximum Gasteiger partial charge on any atom is 0.324 e. The number of hydrogen-bond donors (Lipinski definition) is 1. The summed E-state index contributed by atoms with van der Waals surface area (Å²) >= 11 is 1.47. The molecule has 1 aromatic heterocycles. The van der Waals surface area contributed by atoms with Crippen LogP contribution in [0.3, 0.4) is 0 Å². The van der Waals surface area contributed by atoms with Crippen molar-refractivity contribution in [1.82, 2.24) is 0 Å². The van der Waals surface area contributed by atoms with Crippen LogP contribution < -0.4 is 0 Å². The van der Waals surface area contributed by atoms with Gasteiger partial charge in [-0.1, -0.05) is 66.7 Å². The number of hydrogen-bond acceptors (Lipinski definition) is 2. The SMILES string of the molecule is O=C(O)C(c1ccccc1)(c1ccccc1)c1cccs1. The maximum absolute atomic E-state index is 12.3. The highest BCUT2D eigenvalue weighted by Crippen LogP contribution is 2.41. The van der Waals surface area contributed by atoms with Crippen molar-refractivity contribution in [2.24, 2.45) is 0 Å². The van der Waals surface area contributed by atoms with Crippen LogP contribution in [-0.4, -0.2) is 11.1 Å². The number of benzene rings is 2. The Labute approximate surface area is 127 Å². The smallest absolute Gasteiger partial charge is 0.324 e. The molecule has 3 heteroatoms. The summed E-state index contributed by atoms with van der Waals surface area (Å²) in [7, 11) is 0. The largest absolute Gasteiger partial charge is 0.480 e. The van der Waals surface area contributed by atoms with Crippen LogP contribution in [0.1, 0.15) is 16.0 Å². The molecule has 0 aliphatic carbocycles. The van der Waals surface area contributed by atoms with Crippen molar-refractivity contribution in [3.63, 3.8) is 0 Å². The Morgan fingerprint density at radius 2 is 1.33 bits per heavy atom. The molecule has 0 bridgehead atoms. The van der Waals surface area contributed by atoms with Crippen molar-refractivity contribution in [3.8, 4) is 0 Å². The van der Waals surface area contributed by atoms with E-state index in [1.54, 1.807) is 0 Å². The van der Waals surface area contributed by atoms with Gasteiger partial charge in [-0.3, -0.25) is 4.79 Å². The zero-order valence-corrected chi connectivity index (χ0v) is 12.1. The summed E-state index contributed by atoms with van der Waals surface area (Å²) in [5.74, 6) is -0.859. The highest BCUT2D eigenvalue weighted by atomic mass is 32.1. The normalized spacial score (nSPS) is 11.2. The van der Waals surface area contributed by atoms with Crippen LogP contribution in [-0.2, 0) is 10.2 Å². The topological polar surface area (TPSA) is 37.3 Å². The average Bonchev–Trinajstić information content (AvgIpc) is 3.04. The molecule has 104 valence electrons. The van der Waals surface area contributed by atoms with Gasteiger partial charge in [0.05, 0.1) is 0 Å². The van der Waals surface area contributed by atoms with Gasteiger partial charge in [-0.2, -0.15) is 0 Å². The second kappa shape index (κ2) is 5.54. The van der Waals surface area contributed by atoms with Crippen molar-refractivity contribution in [3.05, 3.63) is 94.2 Å². The molecule has 0 amide bonds. The highest BCUT2D eigenvalue weighted by Gasteiger charge is 2.44. The van der Waals surface area contributed by atoms with Gasteiger partial charge in [0, 0.05) is 4.88 Å². The van der Waals surface area contributed by atoms with E-state index in [9.17, 15) is 9.90 Å². The second-order valence-corrected chi connectivity index (χ2v) is 5.71. The average molecular weight is 294 g/mol. The first kappa shape index (κ1) is 13.6. The van der Waals surface area contributed by atoms with E-state index in [2.05, 4.69) is 0 Å². The van der Waals surface area contributed by atoms with Crippen molar-refractivity contribution in [2.75, 3.05) is 0 Å². The van der Waals surface area contributed by atoms with Crippen LogP contribution in [0.25, 0.3) is 0 Å². The molecule has 1 N–H and O–H groups in total. The van der Waals surface area contributed by atoms with Gasteiger partial charge >= 0.3 is 5.97 Å². The van der Waals surface area contributed by atoms with E-state index in [-0.39, 0.29) is 0 Å². The third-order valence-corrected chi connectivity index (χ3v) is 4.61. The molecular formula is C18H14O2S. The Balaban J connectivity index is 2.36. The predicted molar refractivity (Wildman–Crippen MR) is 84.7 cm³/mol. The minimum absolute atomic E-state index is 0.770. The highest BCUT2D eigenvalue weighted by molar-refractivity contribution is 7.10. The summed E-state index contributed by atoms with van der Waals surface area (Å²) in [6, 6.07) is 22.6. The Morgan fingerprint density at radius 1 is 0.810 bits per heavy atom. The standard InChI is InChI=1S/C18H14O2S/c19-17(20)18(16-12-7-13-21-16,14-8-3-1-4-9-14)15-10-5-2-6-11-15/h1-13H,(H,19,20). The van der Waals surface area contributed by atoms with Crippen LogP contribution >= 0.6 is 11.3 Å². The molecule has 0 atom stereocenters. The summed E-state index contributed by atoms with van der Waals surface area (Å²) in [6.45, 7) is 0. The van der Waals surface area contributed by atoms with Crippen LogP contribution in [0.4, 0.5) is 0 Å². The van der Waals surface area contributed by atoms with Gasteiger partial charge in [-0.05, 0) is 22.6 Å². The molecule has 21 heavy (non-hydrogen) atoms. The summed E-state index contributed by atoms with van der Waals surface area (Å²) < 4.78 is 0. The van der Waals surface area contributed by atoms with Crippen LogP contribution in [0, 0.1) is 0 Å². The lowest BCUT2D eigenvalue weighted by molar-refractivity contribution is -0.140. The summed E-state index contributed by atoms with van der Waals surface area (Å²) in [5, 5.41) is 12.0. The summed E-state index contributed by atoms with van der Waals surface area (Å²) in [5.41, 5.74) is 0.383. The van der Waals surface area contributed by atoms with Crippen LogP contribution in [0.5, 0.6) is 0 Å². The molecule has 0 saturated heterocycles. The van der Waals surface area contributed by atoms with E-state index in [0.29, 0.717) is 0 Å². The minimum atomic E-state index is -1.16. The van der Waals surface area contributed by atoms with Gasteiger partial charge in [0.2, 0.25) is 0 Å². The Bertz CT molecular complexity index is 679. The Kier molecular flexibility index (Phi) is 3.59. The zero-order chi connectivity index (χ0) is 14.7. The number of carbonyl (C=O) groups is 1. The van der Waals surface area contributed by atoms with Crippen molar-refractivity contribution >= 4 is 17.3 Å². The van der Waals surface area contributed by atoms with E-state index in [1.165, 1.54) is 11.3 Å². The van der Waals surface area contributed by atoms with E-state index in [1.807, 2.05) is 78.2 Å². The number of thiophene rings is 1. The molecule has 1 heterocycles. The first-order valence-electron chi connectivity index (χ1n) is 6.64. The molecule has 2 aromatic carbocycles. The Morgan fingerprint density at radius 3 is 1.71 bits per heavy atom. The van der Waals surface area contributed by atoms with Crippen LogP contribution in [0.15, 0.2) is 78.2 Å². The van der Waals surface area contributed by atoms with Crippen molar-refractivity contribution < 1.29 is 9.90 Å². The van der Waals surface area contributed by atoms with Gasteiger partial charge in [0.15, 0.2) is 5.41 Å². The van der Waals surface area contributed by atoms with Crippen LogP contribution in [0.2, 0.25) is 0 Å². The van der Waals surface area contributed by atoms with Crippen molar-refractivity contribution in [2.45, 2.75) is 5.41 Å². The fraction of sp³-hybridized carbons (Fsp3) is 0.0556. The van der Waals surface area contributed by atoms with Gasteiger partial charge in [-0.15, -0.1) is 11.3 Å². The maximum atomic E-state index is 12.3. The van der Waals surface area contributed by atoms with E-state index in [4.69, 9.17) is 0 Å². The predicted octanol–water partition coefficient (Wildman–Crippen LogP) is 4.17. The molecule has 0 aliphatic heterocycles. The number of rotatable bonds is 4. The minimum Gasteiger partial charge on any atom is -0.480 e. The molecule has 0 aliphatic rings. The zero-order valence-electron chi connectivity index (χ0n) is 11.3. The summed E-state index contributed by atoms with van der Waals surface area (Å²) in [4.78, 5) is 13.1. The lowest BCUT2D eigenvalue weighted by atomic mass is 9.73. The fourth-order valence-electron chi connectivity index (χ4n) is 2.67. The molecule has 0 radical (unpaired) electrons. The van der Waals surface area contributed by atoms with Gasteiger partial charge < -0.3 is 5.11 Å². The van der Waals surface area contributed by atoms with Gasteiger partial charge in [-0.25, -0.2) is 0 Å². The van der Waals surface area contributed by atoms with Crippen molar-refractivity contribution in [1.29, 1.82) is 0 Å². The molecule has 3 rings (SSSR count). The number of aliphatic carboxylic acids is 1. The molecular weight excluding hydrogens is 280 g/mol. The van der Waals surface area contributed by atoms with Gasteiger partial charge in [0.25, 0.3) is 0 Å². The fourth-order valence-corrected chi connectivity index (χ4v) is 3.63. The second-order valence-electron chi connectivity index (χ2n) is 4.76. The van der Waals surface area contributed by atoms with Gasteiger partial charge in [0.1, 0.15) is 0 Å². The molecule has 0 spiro atoms. The van der Waals surface area contributed by atoms with E-state index in [0.717, 1.165) is 16.0 Å². The summed E-state index contributed by atoms with van der Waals surface area (Å²) in [6.07, 6.45) is 0. The quantitative estimate of drug-likeness (QED) is 0.784. The molecule has 2 nitrogen and oxygen atoms in total. The third-order valence-electron chi connectivity index (χ3n) is 3.63. The first-order chi connectivity index (χ1) is 10.3.